The van der Waals surface area contributed by atoms with Gasteiger partial charge in [-0.1, -0.05) is 38.6 Å². The SMILES string of the molecule is COc1ccc(C)c(-n2c(SCC3CCOCO3)nc3sc4c(c3c2=O)CCC(C(C)(C)C)C4)c1. The first-order valence-electron chi connectivity index (χ1n) is 12.3. The van der Waals surface area contributed by atoms with Crippen LogP contribution in [-0.4, -0.2) is 41.9 Å². The zero-order chi connectivity index (χ0) is 24.7. The Morgan fingerprint density at radius 2 is 2.11 bits per heavy atom. The summed E-state index contributed by atoms with van der Waals surface area (Å²) in [6.45, 7) is 10.0. The molecule has 0 amide bonds. The van der Waals surface area contributed by atoms with Gasteiger partial charge in [-0.05, 0) is 61.1 Å². The fourth-order valence-corrected chi connectivity index (χ4v) is 7.42. The number of thiophene rings is 1. The number of hydrogen-bond donors (Lipinski definition) is 0. The fraction of sp³-hybridized carbons (Fsp3) is 0.556. The third-order valence-electron chi connectivity index (χ3n) is 7.30. The maximum Gasteiger partial charge on any atom is 0.267 e. The quantitative estimate of drug-likeness (QED) is 0.318. The average molecular weight is 515 g/mol. The van der Waals surface area contributed by atoms with Gasteiger partial charge >= 0.3 is 0 Å². The molecule has 0 spiro atoms. The normalized spacial score (nSPS) is 20.7. The zero-order valence-electron chi connectivity index (χ0n) is 21.2. The smallest absolute Gasteiger partial charge is 0.267 e. The van der Waals surface area contributed by atoms with Gasteiger partial charge in [0.05, 0.1) is 30.9 Å². The molecule has 1 saturated heterocycles. The highest BCUT2D eigenvalue weighted by atomic mass is 32.2. The largest absolute Gasteiger partial charge is 0.497 e. The number of thioether (sulfide) groups is 1. The van der Waals surface area contributed by atoms with Crippen molar-refractivity contribution < 1.29 is 14.2 Å². The molecule has 1 aromatic carbocycles. The van der Waals surface area contributed by atoms with Crippen molar-refractivity contribution in [1.29, 1.82) is 0 Å². The Morgan fingerprint density at radius 1 is 1.29 bits per heavy atom. The van der Waals surface area contributed by atoms with Gasteiger partial charge in [-0.2, -0.15) is 0 Å². The van der Waals surface area contributed by atoms with E-state index in [0.717, 1.165) is 58.7 Å². The molecule has 188 valence electrons. The summed E-state index contributed by atoms with van der Waals surface area (Å²) in [5.74, 6) is 2.06. The predicted octanol–water partition coefficient (Wildman–Crippen LogP) is 5.77. The molecule has 8 heteroatoms. The molecular formula is C27H34N2O4S2. The molecule has 3 aromatic rings. The molecule has 1 aliphatic heterocycles. The van der Waals surface area contributed by atoms with Crippen molar-refractivity contribution >= 4 is 33.3 Å². The number of aromatic nitrogens is 2. The van der Waals surface area contributed by atoms with Crippen LogP contribution in [-0.2, 0) is 22.3 Å². The number of nitrogens with zero attached hydrogens (tertiary/aromatic N) is 2. The highest BCUT2D eigenvalue weighted by molar-refractivity contribution is 7.99. The zero-order valence-corrected chi connectivity index (χ0v) is 22.8. The van der Waals surface area contributed by atoms with E-state index in [-0.39, 0.29) is 17.1 Å². The van der Waals surface area contributed by atoms with Crippen LogP contribution in [0.3, 0.4) is 0 Å². The summed E-state index contributed by atoms with van der Waals surface area (Å²) in [6.07, 6.45) is 4.01. The van der Waals surface area contributed by atoms with Crippen LogP contribution < -0.4 is 10.3 Å². The number of benzene rings is 1. The summed E-state index contributed by atoms with van der Waals surface area (Å²) in [5.41, 5.74) is 3.32. The molecular weight excluding hydrogens is 480 g/mol. The van der Waals surface area contributed by atoms with Gasteiger partial charge in [0.25, 0.3) is 5.56 Å². The van der Waals surface area contributed by atoms with Crippen LogP contribution in [0.2, 0.25) is 0 Å². The minimum absolute atomic E-state index is 0.0217. The van der Waals surface area contributed by atoms with Gasteiger partial charge in [-0.25, -0.2) is 4.98 Å². The van der Waals surface area contributed by atoms with Gasteiger partial charge in [-0.3, -0.25) is 9.36 Å². The van der Waals surface area contributed by atoms with E-state index in [1.807, 2.05) is 25.1 Å². The van der Waals surface area contributed by atoms with E-state index < -0.39 is 0 Å². The van der Waals surface area contributed by atoms with Crippen molar-refractivity contribution in [2.24, 2.45) is 11.3 Å². The van der Waals surface area contributed by atoms with Crippen molar-refractivity contribution in [2.75, 3.05) is 26.3 Å². The summed E-state index contributed by atoms with van der Waals surface area (Å²) < 4.78 is 18.4. The minimum Gasteiger partial charge on any atom is -0.497 e. The van der Waals surface area contributed by atoms with E-state index in [4.69, 9.17) is 19.2 Å². The van der Waals surface area contributed by atoms with E-state index in [1.54, 1.807) is 34.8 Å². The van der Waals surface area contributed by atoms with E-state index >= 15 is 0 Å². The lowest BCUT2D eigenvalue weighted by molar-refractivity contribution is -0.130. The first-order valence-corrected chi connectivity index (χ1v) is 14.1. The van der Waals surface area contributed by atoms with Crippen LogP contribution in [0.25, 0.3) is 15.9 Å². The van der Waals surface area contributed by atoms with Gasteiger partial charge in [-0.15, -0.1) is 11.3 Å². The van der Waals surface area contributed by atoms with Crippen molar-refractivity contribution in [1.82, 2.24) is 9.55 Å². The number of fused-ring (bicyclic) bond motifs is 3. The Kier molecular flexibility index (Phi) is 7.00. The summed E-state index contributed by atoms with van der Waals surface area (Å²) in [7, 11) is 1.65. The van der Waals surface area contributed by atoms with Gasteiger partial charge in [0.2, 0.25) is 0 Å². The standard InChI is InChI=1S/C27H34N2O4S2/c1-16-6-8-18(31-5)13-21(16)29-25(30)23-20-9-7-17(27(2,3)4)12-22(20)35-24(23)28-26(29)34-14-19-10-11-32-15-33-19/h6,8,13,17,19H,7,9-12,14-15H2,1-5H3. The van der Waals surface area contributed by atoms with Gasteiger partial charge < -0.3 is 14.2 Å². The van der Waals surface area contributed by atoms with Gasteiger partial charge in [0.15, 0.2) is 5.16 Å². The highest BCUT2D eigenvalue weighted by Crippen LogP contribution is 2.42. The van der Waals surface area contributed by atoms with Crippen molar-refractivity contribution in [3.05, 3.63) is 44.6 Å². The van der Waals surface area contributed by atoms with Crippen LogP contribution >= 0.6 is 23.1 Å². The van der Waals surface area contributed by atoms with E-state index in [0.29, 0.717) is 24.5 Å². The van der Waals surface area contributed by atoms with E-state index in [1.165, 1.54) is 10.4 Å². The number of methoxy groups -OCH3 is 1. The lowest BCUT2D eigenvalue weighted by Crippen LogP contribution is -2.28. The average Bonchev–Trinajstić information content (AvgIpc) is 3.21. The summed E-state index contributed by atoms with van der Waals surface area (Å²) in [6, 6.07) is 5.86. The molecule has 0 saturated carbocycles. The number of ether oxygens (including phenoxy) is 3. The Bertz CT molecular complexity index is 1290. The molecule has 0 bridgehead atoms. The second-order valence-electron chi connectivity index (χ2n) is 10.6. The fourth-order valence-electron chi connectivity index (χ4n) is 5.01. The Hall–Kier alpha value is -1.87. The third kappa shape index (κ3) is 4.90. The van der Waals surface area contributed by atoms with Crippen LogP contribution in [0.1, 0.15) is 49.6 Å². The van der Waals surface area contributed by atoms with Crippen LogP contribution in [0.4, 0.5) is 0 Å². The maximum atomic E-state index is 14.2. The van der Waals surface area contributed by atoms with Gasteiger partial charge in [0.1, 0.15) is 17.4 Å². The summed E-state index contributed by atoms with van der Waals surface area (Å²) in [4.78, 5) is 21.5. The molecule has 5 rings (SSSR count). The van der Waals surface area contributed by atoms with Crippen LogP contribution in [0, 0.1) is 18.3 Å². The van der Waals surface area contributed by atoms with Crippen molar-refractivity contribution in [3.8, 4) is 11.4 Å². The second-order valence-corrected chi connectivity index (χ2v) is 12.7. The number of rotatable bonds is 5. The highest BCUT2D eigenvalue weighted by Gasteiger charge is 2.32. The molecule has 3 heterocycles. The Morgan fingerprint density at radius 3 is 2.83 bits per heavy atom. The van der Waals surface area contributed by atoms with Gasteiger partial charge in [0, 0.05) is 16.7 Å². The minimum atomic E-state index is 0.0217. The third-order valence-corrected chi connectivity index (χ3v) is 9.52. The second kappa shape index (κ2) is 9.88. The monoisotopic (exact) mass is 514 g/mol. The lowest BCUT2D eigenvalue weighted by Gasteiger charge is -2.33. The molecule has 1 fully saturated rings. The topological polar surface area (TPSA) is 62.6 Å². The molecule has 2 unspecified atom stereocenters. The van der Waals surface area contributed by atoms with E-state index in [2.05, 4.69) is 20.8 Å². The van der Waals surface area contributed by atoms with E-state index in [9.17, 15) is 4.79 Å². The molecule has 2 aromatic heterocycles. The van der Waals surface area contributed by atoms with Crippen LogP contribution in [0.15, 0.2) is 28.2 Å². The van der Waals surface area contributed by atoms with Crippen LogP contribution in [0.5, 0.6) is 5.75 Å². The predicted molar refractivity (Wildman–Crippen MR) is 143 cm³/mol. The lowest BCUT2D eigenvalue weighted by atomic mass is 9.72. The number of hydrogen-bond acceptors (Lipinski definition) is 7. The molecule has 2 aliphatic rings. The summed E-state index contributed by atoms with van der Waals surface area (Å²) in [5, 5.41) is 1.51. The number of aryl methyl sites for hydroxylation is 2. The molecule has 1 aliphatic carbocycles. The summed E-state index contributed by atoms with van der Waals surface area (Å²) >= 11 is 3.30. The Balaban J connectivity index is 1.64. The molecule has 0 N–H and O–H groups in total. The maximum absolute atomic E-state index is 14.2. The van der Waals surface area contributed by atoms with Crippen molar-refractivity contribution in [2.45, 2.75) is 64.6 Å². The molecule has 0 radical (unpaired) electrons. The Labute approximate surface area is 215 Å². The van der Waals surface area contributed by atoms with Crippen molar-refractivity contribution in [3.63, 3.8) is 0 Å². The molecule has 2 atom stereocenters. The first-order chi connectivity index (χ1) is 16.8. The molecule has 6 nitrogen and oxygen atoms in total. The first kappa shape index (κ1) is 24.8. The molecule has 35 heavy (non-hydrogen) atoms.